The second-order valence-electron chi connectivity index (χ2n) is 9.27. The van der Waals surface area contributed by atoms with Gasteiger partial charge in [-0.05, 0) is 44.5 Å². The fourth-order valence-electron chi connectivity index (χ4n) is 3.92. The van der Waals surface area contributed by atoms with Gasteiger partial charge in [-0.25, -0.2) is 14.6 Å². The summed E-state index contributed by atoms with van der Waals surface area (Å²) in [6.07, 6.45) is -5.08. The second kappa shape index (κ2) is 15.6. The molecule has 3 N–H and O–H groups in total. The van der Waals surface area contributed by atoms with Crippen molar-refractivity contribution in [1.29, 1.82) is 0 Å². The average Bonchev–Trinajstić information content (AvgIpc) is 2.93. The van der Waals surface area contributed by atoms with E-state index in [-0.39, 0.29) is 11.5 Å². The van der Waals surface area contributed by atoms with Crippen LogP contribution in [0.1, 0.15) is 35.3 Å². The Morgan fingerprint density at radius 3 is 2.07 bits per heavy atom. The second-order valence-corrected chi connectivity index (χ2v) is 9.27. The van der Waals surface area contributed by atoms with Gasteiger partial charge in [0, 0.05) is 45.0 Å². The zero-order valence-electron chi connectivity index (χ0n) is 23.3. The number of halogens is 3. The van der Waals surface area contributed by atoms with Crippen molar-refractivity contribution in [1.82, 2.24) is 14.7 Å². The number of aliphatic imine (C=N–C) groups is 1. The first-order valence-electron chi connectivity index (χ1n) is 13.1. The minimum Gasteiger partial charge on any atom is -0.478 e. The first kappa shape index (κ1) is 33.1. The Kier molecular flexibility index (Phi) is 12.6. The number of carboxylic acids is 2. The molecular weight excluding hydrogens is 543 g/mol. The van der Waals surface area contributed by atoms with Crippen molar-refractivity contribution in [2.75, 3.05) is 51.1 Å². The number of carbonyl (C=O) groups is 3. The number of alkyl halides is 3. The smallest absolute Gasteiger partial charge is 0.478 e. The molecule has 0 aliphatic carbocycles. The number of benzene rings is 2. The van der Waals surface area contributed by atoms with E-state index in [1.165, 1.54) is 5.56 Å². The van der Waals surface area contributed by atoms with E-state index >= 15 is 0 Å². The van der Waals surface area contributed by atoms with Gasteiger partial charge in [-0.15, -0.1) is 0 Å². The molecule has 0 bridgehead atoms. The summed E-state index contributed by atoms with van der Waals surface area (Å²) in [6.45, 7) is 11.4. The van der Waals surface area contributed by atoms with Gasteiger partial charge in [-0.3, -0.25) is 9.69 Å². The van der Waals surface area contributed by atoms with Gasteiger partial charge in [0.25, 0.3) is 0 Å². The van der Waals surface area contributed by atoms with Crippen LogP contribution in [0.5, 0.6) is 0 Å². The van der Waals surface area contributed by atoms with Crippen molar-refractivity contribution >= 4 is 29.5 Å². The van der Waals surface area contributed by atoms with Gasteiger partial charge < -0.3 is 25.3 Å². The third kappa shape index (κ3) is 11.1. The van der Waals surface area contributed by atoms with Crippen LogP contribution >= 0.6 is 0 Å². The van der Waals surface area contributed by atoms with Crippen molar-refractivity contribution in [3.63, 3.8) is 0 Å². The fourth-order valence-corrected chi connectivity index (χ4v) is 3.92. The number of anilines is 1. The lowest BCUT2D eigenvalue weighted by Crippen LogP contribution is -2.53. The van der Waals surface area contributed by atoms with Crippen molar-refractivity contribution in [3.8, 4) is 0 Å². The zero-order valence-corrected chi connectivity index (χ0v) is 23.3. The van der Waals surface area contributed by atoms with Crippen LogP contribution in [-0.2, 0) is 16.1 Å². The number of piperazine rings is 1. The van der Waals surface area contributed by atoms with Crippen molar-refractivity contribution in [3.05, 3.63) is 65.2 Å². The average molecular weight is 580 g/mol. The molecule has 1 aliphatic rings. The molecule has 0 aromatic heterocycles. The maximum Gasteiger partial charge on any atom is 0.490 e. The predicted molar refractivity (Wildman–Crippen MR) is 149 cm³/mol. The van der Waals surface area contributed by atoms with Crippen LogP contribution in [0, 0.1) is 6.92 Å². The zero-order chi connectivity index (χ0) is 30.6. The summed E-state index contributed by atoms with van der Waals surface area (Å²) in [5, 5.41) is 19.8. The first-order chi connectivity index (χ1) is 19.3. The van der Waals surface area contributed by atoms with Crippen LogP contribution in [0.2, 0.25) is 0 Å². The highest BCUT2D eigenvalue weighted by Crippen LogP contribution is 2.15. The molecule has 10 nitrogen and oxygen atoms in total. The topological polar surface area (TPSA) is 126 Å². The lowest BCUT2D eigenvalue weighted by atomic mass is 10.1. The minimum absolute atomic E-state index is 0.162. The Morgan fingerprint density at radius 1 is 0.976 bits per heavy atom. The highest BCUT2D eigenvalue weighted by Gasteiger charge is 2.38. The van der Waals surface area contributed by atoms with Gasteiger partial charge in [0.15, 0.2) is 5.96 Å². The van der Waals surface area contributed by atoms with Gasteiger partial charge in [0.05, 0.1) is 18.7 Å². The van der Waals surface area contributed by atoms with E-state index in [9.17, 15) is 27.9 Å². The molecule has 1 aliphatic heterocycles. The Morgan fingerprint density at radius 2 is 1.56 bits per heavy atom. The molecule has 0 saturated carbocycles. The van der Waals surface area contributed by atoms with Crippen LogP contribution in [-0.4, -0.2) is 101 Å². The van der Waals surface area contributed by atoms with Crippen LogP contribution in [0.3, 0.4) is 0 Å². The van der Waals surface area contributed by atoms with Crippen LogP contribution in [0.15, 0.2) is 53.5 Å². The Labute approximate surface area is 237 Å². The molecule has 41 heavy (non-hydrogen) atoms. The largest absolute Gasteiger partial charge is 0.490 e. The van der Waals surface area contributed by atoms with Gasteiger partial charge in [-0.2, -0.15) is 13.2 Å². The standard InChI is InChI=1S/C26H35N5O3.C2HF3O2/c1-4-30(5-2)24(32)19-29-13-15-31(16-14-29)26(27-18-21-11-9-20(3)10-12-21)28-23-8-6-7-22(17-23)25(33)34;3-2(4,5)1(6)7/h6-12,17H,4-5,13-16,18-19H2,1-3H3,(H,27,28)(H,33,34);(H,6,7). The Hall–Kier alpha value is -4.13. The molecule has 1 heterocycles. The third-order valence-corrected chi connectivity index (χ3v) is 6.29. The molecule has 0 unspecified atom stereocenters. The summed E-state index contributed by atoms with van der Waals surface area (Å²) in [5.74, 6) is -2.85. The minimum atomic E-state index is -5.08. The number of carbonyl (C=O) groups excluding carboxylic acids is 1. The fraction of sp³-hybridized carbons (Fsp3) is 0.429. The number of likely N-dealkylation sites (N-methyl/N-ethyl adjacent to an activating group) is 1. The maximum atomic E-state index is 12.5. The van der Waals surface area contributed by atoms with E-state index in [1.54, 1.807) is 18.2 Å². The van der Waals surface area contributed by atoms with Crippen LogP contribution in [0.4, 0.5) is 18.9 Å². The summed E-state index contributed by atoms with van der Waals surface area (Å²) in [6, 6.07) is 15.0. The van der Waals surface area contributed by atoms with E-state index in [0.717, 1.165) is 44.8 Å². The van der Waals surface area contributed by atoms with Crippen molar-refractivity contribution in [2.24, 2.45) is 4.99 Å². The van der Waals surface area contributed by atoms with Crippen molar-refractivity contribution < 1.29 is 37.8 Å². The molecule has 3 rings (SSSR count). The van der Waals surface area contributed by atoms with Crippen molar-refractivity contribution in [2.45, 2.75) is 33.5 Å². The summed E-state index contributed by atoms with van der Waals surface area (Å²) in [7, 11) is 0. The van der Waals surface area contributed by atoms with E-state index in [2.05, 4.69) is 46.3 Å². The highest BCUT2D eigenvalue weighted by atomic mass is 19.4. The highest BCUT2D eigenvalue weighted by molar-refractivity contribution is 5.96. The molecule has 224 valence electrons. The normalized spacial score (nSPS) is 14.1. The SMILES string of the molecule is CCN(CC)C(=O)CN1CCN(C(=NCc2ccc(C)cc2)Nc2cccc(C(=O)O)c2)CC1.O=C(O)C(F)(F)F. The van der Waals surface area contributed by atoms with Gasteiger partial charge in [0.2, 0.25) is 5.91 Å². The van der Waals surface area contributed by atoms with E-state index in [1.807, 2.05) is 24.8 Å². The number of nitrogens with zero attached hydrogens (tertiary/aromatic N) is 4. The number of nitrogens with one attached hydrogen (secondary N) is 1. The summed E-state index contributed by atoms with van der Waals surface area (Å²) >= 11 is 0. The van der Waals surface area contributed by atoms with Crippen LogP contribution in [0.25, 0.3) is 0 Å². The monoisotopic (exact) mass is 579 g/mol. The Bertz CT molecular complexity index is 1190. The van der Waals surface area contributed by atoms with Gasteiger partial charge in [0.1, 0.15) is 0 Å². The first-order valence-corrected chi connectivity index (χ1v) is 13.1. The summed E-state index contributed by atoms with van der Waals surface area (Å²) in [4.78, 5) is 43.8. The maximum absolute atomic E-state index is 12.5. The molecule has 1 fully saturated rings. The quantitative estimate of drug-likeness (QED) is 0.319. The van der Waals surface area contributed by atoms with E-state index in [0.29, 0.717) is 24.7 Å². The summed E-state index contributed by atoms with van der Waals surface area (Å²) in [5.41, 5.74) is 3.21. The number of aromatic carboxylic acids is 1. The number of guanidine groups is 1. The number of aliphatic carboxylic acids is 1. The summed E-state index contributed by atoms with van der Waals surface area (Å²) < 4.78 is 31.7. The molecule has 0 spiro atoms. The van der Waals surface area contributed by atoms with Crippen LogP contribution < -0.4 is 5.32 Å². The number of amides is 1. The number of hydrogen-bond donors (Lipinski definition) is 3. The van der Waals surface area contributed by atoms with Gasteiger partial charge in [-0.1, -0.05) is 35.9 Å². The molecule has 2 aromatic carbocycles. The van der Waals surface area contributed by atoms with Gasteiger partial charge >= 0.3 is 18.1 Å². The number of carboxylic acid groups (broad SMARTS) is 2. The lowest BCUT2D eigenvalue weighted by Gasteiger charge is -2.37. The molecule has 1 amide bonds. The Balaban J connectivity index is 0.000000745. The predicted octanol–water partition coefficient (Wildman–Crippen LogP) is 3.78. The molecule has 13 heteroatoms. The lowest BCUT2D eigenvalue weighted by molar-refractivity contribution is -0.192. The molecular formula is C28H36F3N5O5. The molecule has 1 saturated heterocycles. The van der Waals surface area contributed by atoms with E-state index < -0.39 is 18.1 Å². The number of rotatable bonds is 8. The molecule has 0 radical (unpaired) electrons. The third-order valence-electron chi connectivity index (χ3n) is 6.29. The molecule has 2 aromatic rings. The number of hydrogen-bond acceptors (Lipinski definition) is 5. The number of aryl methyl sites for hydroxylation is 1. The molecule has 0 atom stereocenters. The van der Waals surface area contributed by atoms with E-state index in [4.69, 9.17) is 14.9 Å².